The fourth-order valence-corrected chi connectivity index (χ4v) is 2.50. The zero-order chi connectivity index (χ0) is 19.6. The number of methoxy groups -OCH3 is 1. The van der Waals surface area contributed by atoms with E-state index >= 15 is 0 Å². The summed E-state index contributed by atoms with van der Waals surface area (Å²) in [7, 11) is 3.29. The van der Waals surface area contributed by atoms with E-state index in [0.29, 0.717) is 18.2 Å². The fraction of sp³-hybridized carbons (Fsp3) is 0.300. The van der Waals surface area contributed by atoms with Crippen LogP contribution < -0.4 is 20.7 Å². The number of aliphatic imine (C=N–C) groups is 1. The number of carbonyl (C=O) groups is 1. The van der Waals surface area contributed by atoms with Crippen LogP contribution in [0.2, 0.25) is 0 Å². The molecule has 27 heavy (non-hydrogen) atoms. The average Bonchev–Trinajstić information content (AvgIpc) is 2.65. The summed E-state index contributed by atoms with van der Waals surface area (Å²) in [5.41, 5.74) is 2.65. The number of anilines is 1. The molecule has 0 saturated heterocycles. The predicted octanol–water partition coefficient (Wildman–Crippen LogP) is 2.49. The van der Waals surface area contributed by atoms with Crippen LogP contribution in [-0.4, -0.2) is 39.1 Å². The average molecular weight is 372 g/mol. The monoisotopic (exact) mass is 372 g/mol. The van der Waals surface area contributed by atoms with E-state index in [1.165, 1.54) is 12.1 Å². The zero-order valence-corrected chi connectivity index (χ0v) is 15.8. The number of aryl methyl sites for hydroxylation is 1. The molecule has 7 heteroatoms. The third-order valence-corrected chi connectivity index (χ3v) is 3.93. The number of nitrogens with zero attached hydrogens (tertiary/aromatic N) is 1. The lowest BCUT2D eigenvalue weighted by atomic mass is 10.1. The normalized spacial score (nSPS) is 11.0. The van der Waals surface area contributed by atoms with Crippen molar-refractivity contribution in [2.75, 3.05) is 32.6 Å². The van der Waals surface area contributed by atoms with Crippen LogP contribution in [0.1, 0.15) is 11.1 Å². The minimum atomic E-state index is -0.397. The van der Waals surface area contributed by atoms with E-state index in [1.54, 1.807) is 26.3 Å². The van der Waals surface area contributed by atoms with Gasteiger partial charge in [0, 0.05) is 19.3 Å². The van der Waals surface area contributed by atoms with Crippen molar-refractivity contribution in [3.8, 4) is 5.75 Å². The van der Waals surface area contributed by atoms with Crippen molar-refractivity contribution < 1.29 is 13.9 Å². The predicted molar refractivity (Wildman–Crippen MR) is 106 cm³/mol. The van der Waals surface area contributed by atoms with Crippen molar-refractivity contribution in [3.63, 3.8) is 0 Å². The van der Waals surface area contributed by atoms with Gasteiger partial charge >= 0.3 is 0 Å². The topological polar surface area (TPSA) is 74.8 Å². The van der Waals surface area contributed by atoms with Gasteiger partial charge in [-0.25, -0.2) is 4.39 Å². The van der Waals surface area contributed by atoms with E-state index in [1.807, 2.05) is 19.1 Å². The first-order valence-electron chi connectivity index (χ1n) is 8.65. The highest BCUT2D eigenvalue weighted by atomic mass is 19.1. The highest BCUT2D eigenvalue weighted by Crippen LogP contribution is 2.18. The van der Waals surface area contributed by atoms with Gasteiger partial charge < -0.3 is 20.7 Å². The van der Waals surface area contributed by atoms with Gasteiger partial charge in [-0.05, 0) is 48.7 Å². The van der Waals surface area contributed by atoms with Crippen molar-refractivity contribution in [2.45, 2.75) is 13.3 Å². The first-order chi connectivity index (χ1) is 13.0. The Morgan fingerprint density at radius 1 is 1.19 bits per heavy atom. The molecule has 2 rings (SSSR count). The van der Waals surface area contributed by atoms with E-state index in [2.05, 4.69) is 27.0 Å². The van der Waals surface area contributed by atoms with Gasteiger partial charge in [-0.15, -0.1) is 0 Å². The molecular weight excluding hydrogens is 347 g/mol. The lowest BCUT2D eigenvalue weighted by Crippen LogP contribution is -2.42. The highest BCUT2D eigenvalue weighted by molar-refractivity contribution is 5.94. The van der Waals surface area contributed by atoms with E-state index in [4.69, 9.17) is 4.74 Å². The van der Waals surface area contributed by atoms with Crippen LogP contribution in [0.15, 0.2) is 47.5 Å². The van der Waals surface area contributed by atoms with Crippen molar-refractivity contribution in [1.29, 1.82) is 0 Å². The van der Waals surface area contributed by atoms with Gasteiger partial charge in [-0.2, -0.15) is 0 Å². The molecule has 0 aliphatic carbocycles. The van der Waals surface area contributed by atoms with Gasteiger partial charge in [-0.3, -0.25) is 9.79 Å². The third-order valence-electron chi connectivity index (χ3n) is 3.93. The molecule has 0 saturated carbocycles. The summed E-state index contributed by atoms with van der Waals surface area (Å²) < 4.78 is 18.5. The molecule has 144 valence electrons. The second-order valence-electron chi connectivity index (χ2n) is 5.97. The molecule has 0 radical (unpaired) electrons. The van der Waals surface area contributed by atoms with Crippen LogP contribution >= 0.6 is 0 Å². The lowest BCUT2D eigenvalue weighted by Gasteiger charge is -2.13. The smallest absolute Gasteiger partial charge is 0.243 e. The van der Waals surface area contributed by atoms with Crippen LogP contribution in [0.25, 0.3) is 0 Å². The number of ether oxygens (including phenoxy) is 1. The second kappa shape index (κ2) is 10.2. The molecule has 1 amide bonds. The van der Waals surface area contributed by atoms with E-state index in [-0.39, 0.29) is 12.5 Å². The molecule has 0 heterocycles. The number of benzene rings is 2. The maximum atomic E-state index is 13.1. The molecule has 3 N–H and O–H groups in total. The standard InChI is InChI=1S/C20H25FN4O2/c1-14-7-8-15(11-18(14)27-3)9-10-23-20(22-2)24-13-19(26)25-17-6-4-5-16(21)12-17/h4-8,11-12H,9-10,13H2,1-3H3,(H,25,26)(H2,22,23,24). The SMILES string of the molecule is CN=C(NCCc1ccc(C)c(OC)c1)NCC(=O)Nc1cccc(F)c1. The Morgan fingerprint density at radius 2 is 2.00 bits per heavy atom. The van der Waals surface area contributed by atoms with E-state index < -0.39 is 5.82 Å². The molecule has 0 bridgehead atoms. The summed E-state index contributed by atoms with van der Waals surface area (Å²) in [6.07, 6.45) is 0.785. The summed E-state index contributed by atoms with van der Waals surface area (Å²) in [6.45, 7) is 2.67. The number of nitrogens with one attached hydrogen (secondary N) is 3. The maximum Gasteiger partial charge on any atom is 0.243 e. The van der Waals surface area contributed by atoms with E-state index in [0.717, 1.165) is 23.3 Å². The van der Waals surface area contributed by atoms with Crippen LogP contribution in [-0.2, 0) is 11.2 Å². The molecule has 0 fully saturated rings. The Morgan fingerprint density at radius 3 is 2.70 bits per heavy atom. The number of halogens is 1. The maximum absolute atomic E-state index is 13.1. The second-order valence-corrected chi connectivity index (χ2v) is 5.97. The summed E-state index contributed by atoms with van der Waals surface area (Å²) in [6, 6.07) is 11.9. The molecule has 2 aromatic rings. The number of guanidine groups is 1. The van der Waals surface area contributed by atoms with Crippen molar-refractivity contribution in [1.82, 2.24) is 10.6 Å². The Bertz CT molecular complexity index is 808. The van der Waals surface area contributed by atoms with Gasteiger partial charge in [0.05, 0.1) is 13.7 Å². The van der Waals surface area contributed by atoms with Gasteiger partial charge in [-0.1, -0.05) is 18.2 Å². The van der Waals surface area contributed by atoms with Gasteiger partial charge in [0.1, 0.15) is 11.6 Å². The van der Waals surface area contributed by atoms with Crippen LogP contribution in [0.5, 0.6) is 5.75 Å². The van der Waals surface area contributed by atoms with Crippen molar-refractivity contribution in [3.05, 3.63) is 59.4 Å². The number of hydrogen-bond acceptors (Lipinski definition) is 3. The number of amides is 1. The Kier molecular flexibility index (Phi) is 7.61. The van der Waals surface area contributed by atoms with Gasteiger partial charge in [0.15, 0.2) is 5.96 Å². The number of rotatable bonds is 7. The zero-order valence-electron chi connectivity index (χ0n) is 15.8. The Labute approximate surface area is 158 Å². The first-order valence-corrected chi connectivity index (χ1v) is 8.65. The molecule has 0 spiro atoms. The molecule has 0 aliphatic heterocycles. The molecular formula is C20H25FN4O2. The van der Waals surface area contributed by atoms with Crippen molar-refractivity contribution >= 4 is 17.6 Å². The molecule has 0 aliphatic rings. The van der Waals surface area contributed by atoms with Crippen LogP contribution in [0, 0.1) is 12.7 Å². The lowest BCUT2D eigenvalue weighted by molar-refractivity contribution is -0.115. The minimum absolute atomic E-state index is 0.0224. The van der Waals surface area contributed by atoms with Crippen LogP contribution in [0.4, 0.5) is 10.1 Å². The third kappa shape index (κ3) is 6.62. The van der Waals surface area contributed by atoms with Gasteiger partial charge in [0.25, 0.3) is 0 Å². The van der Waals surface area contributed by atoms with E-state index in [9.17, 15) is 9.18 Å². The first kappa shape index (κ1) is 20.2. The minimum Gasteiger partial charge on any atom is -0.496 e. The highest BCUT2D eigenvalue weighted by Gasteiger charge is 2.05. The van der Waals surface area contributed by atoms with Crippen molar-refractivity contribution in [2.24, 2.45) is 4.99 Å². The summed E-state index contributed by atoms with van der Waals surface area (Å²) in [4.78, 5) is 16.0. The summed E-state index contributed by atoms with van der Waals surface area (Å²) in [5.74, 6) is 0.699. The number of hydrogen-bond donors (Lipinski definition) is 3. The number of carbonyl (C=O) groups excluding carboxylic acids is 1. The summed E-state index contributed by atoms with van der Waals surface area (Å²) >= 11 is 0. The van der Waals surface area contributed by atoms with Crippen LogP contribution in [0.3, 0.4) is 0 Å². The molecule has 6 nitrogen and oxygen atoms in total. The Hall–Kier alpha value is -3.09. The molecule has 2 aromatic carbocycles. The Balaban J connectivity index is 1.76. The fourth-order valence-electron chi connectivity index (χ4n) is 2.50. The molecule has 0 unspecified atom stereocenters. The van der Waals surface area contributed by atoms with Gasteiger partial charge in [0.2, 0.25) is 5.91 Å². The summed E-state index contributed by atoms with van der Waals surface area (Å²) in [5, 5.41) is 8.71. The largest absolute Gasteiger partial charge is 0.496 e. The quantitative estimate of drug-likeness (QED) is 0.516. The molecule has 0 atom stereocenters. The molecule has 0 aromatic heterocycles.